The van der Waals surface area contributed by atoms with Crippen LogP contribution in [0.1, 0.15) is 35.7 Å². The number of nitrogens with zero attached hydrogens (tertiary/aromatic N) is 3. The van der Waals surface area contributed by atoms with Crippen molar-refractivity contribution in [3.8, 4) is 11.5 Å². The number of ether oxygens (including phenoxy) is 2. The third kappa shape index (κ3) is 6.49. The third-order valence-electron chi connectivity index (χ3n) is 7.38. The fourth-order valence-corrected chi connectivity index (χ4v) is 7.38. The van der Waals surface area contributed by atoms with Crippen molar-refractivity contribution >= 4 is 31.6 Å². The number of aryl methyl sites for hydroxylation is 2. The smallest absolute Gasteiger partial charge is 0.262 e. The van der Waals surface area contributed by atoms with E-state index in [1.807, 2.05) is 0 Å². The van der Waals surface area contributed by atoms with Gasteiger partial charge in [-0.25, -0.2) is 16.8 Å². The van der Waals surface area contributed by atoms with E-state index in [-0.39, 0.29) is 57.9 Å². The summed E-state index contributed by atoms with van der Waals surface area (Å²) in [5.41, 5.74) is 0.266. The number of para-hydroxylation sites is 1. The van der Waals surface area contributed by atoms with Crippen LogP contribution in [0.15, 0.2) is 56.8 Å². The first-order chi connectivity index (χ1) is 20.2. The highest BCUT2D eigenvalue weighted by Crippen LogP contribution is 2.36. The monoisotopic (exact) mass is 636 g/mol. The lowest BCUT2D eigenvalue weighted by Crippen LogP contribution is -2.50. The van der Waals surface area contributed by atoms with Crippen molar-refractivity contribution in [2.24, 2.45) is 5.92 Å². The molecule has 0 saturated heterocycles. The predicted octanol–water partition coefficient (Wildman–Crippen LogP) is 2.64. The molecule has 2 heterocycles. The van der Waals surface area contributed by atoms with Crippen LogP contribution in [0.4, 0.5) is 5.69 Å². The van der Waals surface area contributed by atoms with Gasteiger partial charge in [-0.15, -0.1) is 0 Å². The number of carbonyl (C=O) groups is 1. The zero-order valence-corrected chi connectivity index (χ0v) is 26.4. The number of likely N-dealkylation sites (N-methyl/N-ethyl adjacent to an activating group) is 1. The van der Waals surface area contributed by atoms with Crippen LogP contribution in [0.3, 0.4) is 0 Å². The van der Waals surface area contributed by atoms with E-state index >= 15 is 0 Å². The van der Waals surface area contributed by atoms with E-state index in [0.717, 1.165) is 4.31 Å². The van der Waals surface area contributed by atoms with Gasteiger partial charge in [0.1, 0.15) is 22.4 Å². The molecule has 234 valence electrons. The number of hydrogen-bond acceptors (Lipinski definition) is 10. The van der Waals surface area contributed by atoms with Crippen molar-refractivity contribution in [2.75, 3.05) is 38.6 Å². The van der Waals surface area contributed by atoms with Crippen LogP contribution in [-0.4, -0.2) is 88.2 Å². The van der Waals surface area contributed by atoms with Crippen LogP contribution in [0.5, 0.6) is 11.5 Å². The average molecular weight is 637 g/mol. The number of anilines is 1. The van der Waals surface area contributed by atoms with Crippen LogP contribution in [0.25, 0.3) is 0 Å². The number of aliphatic hydroxyl groups excluding tert-OH is 1. The maximum atomic E-state index is 13.7. The molecule has 0 fully saturated rings. The number of aliphatic hydroxyl groups is 1. The summed E-state index contributed by atoms with van der Waals surface area (Å²) in [6.45, 7) is 6.19. The summed E-state index contributed by atoms with van der Waals surface area (Å²) >= 11 is 0. The molecule has 0 bridgehead atoms. The second-order valence-electron chi connectivity index (χ2n) is 10.5. The van der Waals surface area contributed by atoms with E-state index in [1.165, 1.54) is 75.4 Å². The van der Waals surface area contributed by atoms with Gasteiger partial charge >= 0.3 is 0 Å². The molecule has 4 rings (SSSR count). The Hall–Kier alpha value is -3.66. The molecule has 0 radical (unpaired) electrons. The van der Waals surface area contributed by atoms with Crippen molar-refractivity contribution in [3.63, 3.8) is 0 Å². The van der Waals surface area contributed by atoms with Crippen molar-refractivity contribution < 1.29 is 40.7 Å². The second kappa shape index (κ2) is 12.5. The van der Waals surface area contributed by atoms with Gasteiger partial charge in [0.05, 0.1) is 42.4 Å². The molecule has 1 aliphatic rings. The Morgan fingerprint density at radius 2 is 1.84 bits per heavy atom. The Kier molecular flexibility index (Phi) is 9.39. The quantitative estimate of drug-likeness (QED) is 0.337. The van der Waals surface area contributed by atoms with Crippen molar-refractivity contribution in [2.45, 2.75) is 49.6 Å². The fourth-order valence-electron chi connectivity index (χ4n) is 4.85. The maximum absolute atomic E-state index is 13.7. The summed E-state index contributed by atoms with van der Waals surface area (Å²) < 4.78 is 73.9. The first kappa shape index (κ1) is 32.3. The summed E-state index contributed by atoms with van der Waals surface area (Å²) in [6.07, 6.45) is -0.841. The van der Waals surface area contributed by atoms with E-state index in [1.54, 1.807) is 13.8 Å². The topological polar surface area (TPSA) is 169 Å². The Morgan fingerprint density at radius 3 is 2.42 bits per heavy atom. The number of rotatable bonds is 10. The third-order valence-corrected chi connectivity index (χ3v) is 10.8. The normalized spacial score (nSPS) is 18.4. The number of nitrogens with one attached hydrogen (secondary N) is 1. The summed E-state index contributed by atoms with van der Waals surface area (Å²) in [5.74, 6) is -0.350. The molecule has 1 amide bonds. The highest BCUT2D eigenvalue weighted by Gasteiger charge is 2.37. The molecular weight excluding hydrogens is 600 g/mol. The van der Waals surface area contributed by atoms with E-state index in [2.05, 4.69) is 9.88 Å². The first-order valence-electron chi connectivity index (χ1n) is 13.5. The number of aromatic nitrogens is 1. The Morgan fingerprint density at radius 1 is 1.16 bits per heavy atom. The molecule has 0 spiro atoms. The highest BCUT2D eigenvalue weighted by molar-refractivity contribution is 7.92. The molecule has 0 saturated carbocycles. The fraction of sp³-hybridized carbons (Fsp3) is 0.429. The van der Waals surface area contributed by atoms with Gasteiger partial charge in [-0.2, -0.15) is 4.31 Å². The standard InChI is InChI=1S/C28H36N4O9S2/c1-17-14-32(18(2)16-33)28(34)23-8-7-9-24(30-42(35,36)22-12-10-21(39-6)11-13-22)26(23)40-25(17)15-31(5)43(37,38)27-19(3)29-41-20(27)4/h7-13,17-18,25,30,33H,14-16H2,1-6H3/t17-,18-,25+/m1/s1. The lowest BCUT2D eigenvalue weighted by molar-refractivity contribution is 0.0389. The first-order valence-corrected chi connectivity index (χ1v) is 16.4. The predicted molar refractivity (Wildman–Crippen MR) is 157 cm³/mol. The van der Waals surface area contributed by atoms with Gasteiger partial charge in [0.25, 0.3) is 15.9 Å². The minimum atomic E-state index is -4.14. The van der Waals surface area contributed by atoms with Gasteiger partial charge in [0, 0.05) is 19.5 Å². The van der Waals surface area contributed by atoms with Crippen LogP contribution in [0, 0.1) is 19.8 Å². The SMILES string of the molecule is COc1ccc(S(=O)(=O)Nc2cccc3c2O[C@@H](CN(C)S(=O)(=O)c2c(C)noc2C)[C@H](C)CN([C@H](C)CO)C3=O)cc1. The molecule has 43 heavy (non-hydrogen) atoms. The molecule has 0 unspecified atom stereocenters. The lowest BCUT2D eigenvalue weighted by Gasteiger charge is -2.38. The molecule has 3 aromatic rings. The van der Waals surface area contributed by atoms with E-state index in [0.29, 0.717) is 5.75 Å². The molecule has 3 atom stereocenters. The minimum Gasteiger partial charge on any atom is -0.497 e. The Labute approximate surface area is 251 Å². The average Bonchev–Trinajstić information content (AvgIpc) is 3.32. The van der Waals surface area contributed by atoms with E-state index in [4.69, 9.17) is 14.0 Å². The van der Waals surface area contributed by atoms with Crippen molar-refractivity contribution in [1.29, 1.82) is 0 Å². The largest absolute Gasteiger partial charge is 0.497 e. The van der Waals surface area contributed by atoms with Gasteiger partial charge < -0.3 is 24.0 Å². The van der Waals surface area contributed by atoms with Crippen LogP contribution in [0.2, 0.25) is 0 Å². The number of methoxy groups -OCH3 is 1. The molecule has 15 heteroatoms. The maximum Gasteiger partial charge on any atom is 0.262 e. The number of hydrogen-bond donors (Lipinski definition) is 2. The van der Waals surface area contributed by atoms with Gasteiger partial charge in [-0.05, 0) is 57.2 Å². The Bertz CT molecular complexity index is 1670. The number of amides is 1. The Balaban J connectivity index is 1.77. The molecule has 13 nitrogen and oxygen atoms in total. The van der Waals surface area contributed by atoms with E-state index in [9.17, 15) is 26.7 Å². The number of fused-ring (bicyclic) bond motifs is 1. The zero-order valence-electron chi connectivity index (χ0n) is 24.8. The van der Waals surface area contributed by atoms with Crippen molar-refractivity contribution in [3.05, 3.63) is 59.5 Å². The zero-order chi connectivity index (χ0) is 31.7. The highest BCUT2D eigenvalue weighted by atomic mass is 32.2. The van der Waals surface area contributed by atoms with Crippen LogP contribution in [-0.2, 0) is 20.0 Å². The molecule has 2 aromatic carbocycles. The summed E-state index contributed by atoms with van der Waals surface area (Å²) in [5, 5.41) is 13.7. The van der Waals surface area contributed by atoms with Gasteiger partial charge in [0.2, 0.25) is 10.0 Å². The van der Waals surface area contributed by atoms with E-state index < -0.39 is 44.0 Å². The molecule has 1 aliphatic heterocycles. The van der Waals surface area contributed by atoms with Gasteiger partial charge in [0.15, 0.2) is 11.5 Å². The minimum absolute atomic E-state index is 0.00592. The van der Waals surface area contributed by atoms with Gasteiger partial charge in [-0.1, -0.05) is 18.1 Å². The number of sulfonamides is 2. The van der Waals surface area contributed by atoms with Crippen LogP contribution >= 0.6 is 0 Å². The van der Waals surface area contributed by atoms with Gasteiger partial charge in [-0.3, -0.25) is 9.52 Å². The summed E-state index contributed by atoms with van der Waals surface area (Å²) in [6, 6.07) is 9.66. The number of carbonyl (C=O) groups excluding carboxylic acids is 1. The molecule has 2 N–H and O–H groups in total. The molecule has 0 aliphatic carbocycles. The molecule has 1 aromatic heterocycles. The molecular formula is C28H36N4O9S2. The second-order valence-corrected chi connectivity index (χ2v) is 14.2. The summed E-state index contributed by atoms with van der Waals surface area (Å²) in [7, 11) is -5.32. The van der Waals surface area contributed by atoms with Crippen LogP contribution < -0.4 is 14.2 Å². The van der Waals surface area contributed by atoms with Crippen molar-refractivity contribution in [1.82, 2.24) is 14.4 Å². The lowest BCUT2D eigenvalue weighted by atomic mass is 9.99. The number of benzene rings is 2. The summed E-state index contributed by atoms with van der Waals surface area (Å²) in [4.78, 5) is 15.1.